The smallest absolute Gasteiger partial charge is 0.356 e. The molecule has 2 fully saturated rings. The fraction of sp³-hybridized carbons (Fsp3) is 0.538. The van der Waals surface area contributed by atoms with Crippen LogP contribution in [0, 0.1) is 11.8 Å². The number of hydrogen-bond acceptors (Lipinski definition) is 7. The molecular weight excluding hydrogens is 466 g/mol. The molecule has 0 unspecified atom stereocenters. The molecule has 0 bridgehead atoms. The summed E-state index contributed by atoms with van der Waals surface area (Å²) in [6.45, 7) is 7.42. The van der Waals surface area contributed by atoms with Gasteiger partial charge in [0.05, 0.1) is 48.1 Å². The minimum Gasteiger partial charge on any atom is -0.464 e. The Morgan fingerprint density at radius 3 is 2.69 bits per heavy atom. The molecule has 4 heterocycles. The number of carbonyl (C=O) groups excluding carboxylic acids is 1. The van der Waals surface area contributed by atoms with Gasteiger partial charge in [0, 0.05) is 31.0 Å². The Morgan fingerprint density at radius 2 is 1.97 bits per heavy atom. The fourth-order valence-corrected chi connectivity index (χ4v) is 5.46. The summed E-state index contributed by atoms with van der Waals surface area (Å²) in [5.41, 5.74) is 3.21. The summed E-state index contributed by atoms with van der Waals surface area (Å²) >= 11 is 6.30. The molecule has 1 atom stereocenters. The van der Waals surface area contributed by atoms with Gasteiger partial charge in [-0.05, 0) is 43.7 Å². The number of morpholine rings is 1. The summed E-state index contributed by atoms with van der Waals surface area (Å²) < 4.78 is 13.0. The highest BCUT2D eigenvalue weighted by molar-refractivity contribution is 6.30. The first-order valence-electron chi connectivity index (χ1n) is 12.4. The number of rotatable bonds is 5. The number of methoxy groups -OCH3 is 1. The molecule has 1 aliphatic heterocycles. The quantitative estimate of drug-likeness (QED) is 0.459. The van der Waals surface area contributed by atoms with E-state index in [9.17, 15) is 4.79 Å². The number of fused-ring (bicyclic) bond motifs is 1. The third-order valence-electron chi connectivity index (χ3n) is 7.28. The summed E-state index contributed by atoms with van der Waals surface area (Å²) in [5.74, 6) is 1.74. The van der Waals surface area contributed by atoms with Gasteiger partial charge in [-0.2, -0.15) is 0 Å². The van der Waals surface area contributed by atoms with Crippen LogP contribution in [-0.4, -0.2) is 58.4 Å². The highest BCUT2D eigenvalue weighted by Gasteiger charge is 2.29. The van der Waals surface area contributed by atoms with Crippen molar-refractivity contribution in [3.8, 4) is 11.3 Å². The second-order valence-corrected chi connectivity index (χ2v) is 10.3. The van der Waals surface area contributed by atoms with Crippen molar-refractivity contribution in [1.82, 2.24) is 19.5 Å². The van der Waals surface area contributed by atoms with E-state index in [0.717, 1.165) is 36.0 Å². The molecule has 0 aromatic carbocycles. The van der Waals surface area contributed by atoms with Crippen LogP contribution in [0.1, 0.15) is 50.0 Å². The van der Waals surface area contributed by atoms with Gasteiger partial charge < -0.3 is 18.9 Å². The molecule has 2 aliphatic rings. The lowest BCUT2D eigenvalue weighted by Crippen LogP contribution is -2.45. The van der Waals surface area contributed by atoms with Gasteiger partial charge in [0.25, 0.3) is 0 Å². The third kappa shape index (κ3) is 4.86. The van der Waals surface area contributed by atoms with Crippen molar-refractivity contribution >= 4 is 34.6 Å². The fourth-order valence-electron chi connectivity index (χ4n) is 5.28. The first-order chi connectivity index (χ1) is 16.9. The van der Waals surface area contributed by atoms with Crippen LogP contribution in [0.25, 0.3) is 22.3 Å². The van der Waals surface area contributed by atoms with Gasteiger partial charge in [0.15, 0.2) is 5.69 Å². The topological polar surface area (TPSA) is 82.4 Å². The Hall–Kier alpha value is -2.71. The number of anilines is 1. The number of ether oxygens (including phenoxy) is 2. The maximum Gasteiger partial charge on any atom is 0.356 e. The molecule has 0 radical (unpaired) electrons. The van der Waals surface area contributed by atoms with Gasteiger partial charge in [-0.3, -0.25) is 4.98 Å². The second-order valence-electron chi connectivity index (χ2n) is 9.87. The number of esters is 1. The van der Waals surface area contributed by atoms with Crippen molar-refractivity contribution in [3.05, 3.63) is 35.2 Å². The minimum absolute atomic E-state index is 0.190. The molecule has 1 aliphatic carbocycles. The van der Waals surface area contributed by atoms with Gasteiger partial charge in [0.1, 0.15) is 0 Å². The molecule has 0 N–H and O–H groups in total. The normalized spacial score (nSPS) is 23.0. The van der Waals surface area contributed by atoms with Crippen LogP contribution in [0.2, 0.25) is 5.02 Å². The van der Waals surface area contributed by atoms with E-state index >= 15 is 0 Å². The molecule has 35 heavy (non-hydrogen) atoms. The van der Waals surface area contributed by atoms with E-state index in [1.165, 1.54) is 32.8 Å². The molecule has 3 aromatic heterocycles. The molecule has 8 nitrogen and oxygen atoms in total. The first kappa shape index (κ1) is 24.0. The molecule has 3 aromatic rings. The third-order valence-corrected chi connectivity index (χ3v) is 7.48. The molecule has 1 saturated carbocycles. The van der Waals surface area contributed by atoms with Crippen LogP contribution in [0.3, 0.4) is 0 Å². The SMILES string of the molecule is COC(=O)c1cc2nc(N3CCOC[C@H]3C)n(CC3CCC(C)CC3)c2c(-c2cncc(Cl)c2)n1. The average Bonchev–Trinajstić information content (AvgIpc) is 3.22. The van der Waals surface area contributed by atoms with Crippen LogP contribution in [0.4, 0.5) is 5.95 Å². The molecule has 5 rings (SSSR count). The van der Waals surface area contributed by atoms with Gasteiger partial charge in [-0.1, -0.05) is 31.4 Å². The Morgan fingerprint density at radius 1 is 1.17 bits per heavy atom. The molecule has 186 valence electrons. The number of halogens is 1. The van der Waals surface area contributed by atoms with E-state index < -0.39 is 5.97 Å². The number of carbonyl (C=O) groups is 1. The Balaban J connectivity index is 1.72. The zero-order chi connectivity index (χ0) is 24.5. The van der Waals surface area contributed by atoms with Crippen LogP contribution in [-0.2, 0) is 16.0 Å². The summed E-state index contributed by atoms with van der Waals surface area (Å²) in [6, 6.07) is 3.75. The van der Waals surface area contributed by atoms with E-state index in [4.69, 9.17) is 31.0 Å². The number of hydrogen-bond donors (Lipinski definition) is 0. The Kier molecular flexibility index (Phi) is 6.93. The summed E-state index contributed by atoms with van der Waals surface area (Å²) in [6.07, 6.45) is 8.20. The zero-order valence-corrected chi connectivity index (χ0v) is 21.3. The number of nitrogens with zero attached hydrogens (tertiary/aromatic N) is 5. The first-order valence-corrected chi connectivity index (χ1v) is 12.8. The number of pyridine rings is 2. The van der Waals surface area contributed by atoms with Crippen LogP contribution < -0.4 is 4.90 Å². The van der Waals surface area contributed by atoms with Gasteiger partial charge in [-0.25, -0.2) is 14.8 Å². The largest absolute Gasteiger partial charge is 0.464 e. The summed E-state index contributed by atoms with van der Waals surface area (Å²) in [5, 5.41) is 0.510. The van der Waals surface area contributed by atoms with Crippen LogP contribution in [0.5, 0.6) is 0 Å². The zero-order valence-electron chi connectivity index (χ0n) is 20.5. The van der Waals surface area contributed by atoms with Gasteiger partial charge >= 0.3 is 5.97 Å². The number of imidazole rings is 1. The van der Waals surface area contributed by atoms with Crippen molar-refractivity contribution in [2.45, 2.75) is 52.1 Å². The maximum absolute atomic E-state index is 12.5. The van der Waals surface area contributed by atoms with Gasteiger partial charge in [0.2, 0.25) is 5.95 Å². The predicted molar refractivity (Wildman–Crippen MR) is 136 cm³/mol. The van der Waals surface area contributed by atoms with E-state index in [0.29, 0.717) is 35.4 Å². The van der Waals surface area contributed by atoms with Crippen molar-refractivity contribution < 1.29 is 14.3 Å². The van der Waals surface area contributed by atoms with E-state index in [1.54, 1.807) is 18.5 Å². The van der Waals surface area contributed by atoms with E-state index in [-0.39, 0.29) is 11.7 Å². The van der Waals surface area contributed by atoms with Crippen LogP contribution in [0.15, 0.2) is 24.5 Å². The highest BCUT2D eigenvalue weighted by atomic mass is 35.5. The predicted octanol–water partition coefficient (Wildman–Crippen LogP) is 4.98. The highest BCUT2D eigenvalue weighted by Crippen LogP contribution is 2.36. The lowest BCUT2D eigenvalue weighted by molar-refractivity contribution is 0.0594. The standard InChI is InChI=1S/C26H32ClN5O3/c1-16-4-6-18(7-5-16)14-32-24-21(30-26(32)31-8-9-35-15-17(31)2)11-22(25(33)34-3)29-23(24)19-10-20(27)13-28-12-19/h10-13,16-18H,4-9,14-15H2,1-3H3/t16?,17-,18?/m1/s1. The van der Waals surface area contributed by atoms with Crippen molar-refractivity contribution in [2.75, 3.05) is 31.8 Å². The van der Waals surface area contributed by atoms with Gasteiger partial charge in [-0.15, -0.1) is 0 Å². The average molecular weight is 498 g/mol. The molecular formula is C26H32ClN5O3. The van der Waals surface area contributed by atoms with Crippen molar-refractivity contribution in [1.29, 1.82) is 0 Å². The van der Waals surface area contributed by atoms with Crippen molar-refractivity contribution in [2.24, 2.45) is 11.8 Å². The summed E-state index contributed by atoms with van der Waals surface area (Å²) in [4.78, 5) is 28.9. The monoisotopic (exact) mass is 497 g/mol. The van der Waals surface area contributed by atoms with Crippen LogP contribution >= 0.6 is 11.6 Å². The molecule has 9 heteroatoms. The second kappa shape index (κ2) is 10.1. The maximum atomic E-state index is 12.5. The lowest BCUT2D eigenvalue weighted by Gasteiger charge is -2.35. The van der Waals surface area contributed by atoms with E-state index in [2.05, 4.69) is 28.3 Å². The van der Waals surface area contributed by atoms with Crippen molar-refractivity contribution in [3.63, 3.8) is 0 Å². The minimum atomic E-state index is -0.500. The molecule has 1 saturated heterocycles. The Labute approximate surface area is 210 Å². The Bertz CT molecular complexity index is 1220. The molecule has 0 amide bonds. The molecule has 0 spiro atoms. The number of aromatic nitrogens is 4. The summed E-state index contributed by atoms with van der Waals surface area (Å²) in [7, 11) is 1.36. The lowest BCUT2D eigenvalue weighted by atomic mass is 9.83. The van der Waals surface area contributed by atoms with E-state index in [1.807, 2.05) is 6.07 Å².